The van der Waals surface area contributed by atoms with E-state index in [-0.39, 0.29) is 0 Å². The zero-order valence-electron chi connectivity index (χ0n) is 38.1. The third kappa shape index (κ3) is 6.15. The molecule has 0 saturated carbocycles. The molecule has 0 bridgehead atoms. The standard InChI is InChI=1S/C67H43NO2/c1-4-16-45(17-5-1)53-24-14-26-57-58-27-15-25-54(66(58)70-65(53)57)46-32-37-51(38-33-46)68(50-35-30-44(31-36-50)47-34-41-64-60(42-47)56-23-11-13-29-63(56)69-64)52-39-40-62-59(43-52)55-22-10-12-28-61(55)67(62,48-18-6-2-7-19-48)49-20-8-3-9-21-49/h1-43H. The lowest BCUT2D eigenvalue weighted by atomic mass is 9.68. The van der Waals surface area contributed by atoms with Crippen molar-refractivity contribution in [3.63, 3.8) is 0 Å². The molecule has 3 nitrogen and oxygen atoms in total. The van der Waals surface area contributed by atoms with Crippen molar-refractivity contribution in [3.8, 4) is 44.5 Å². The van der Waals surface area contributed by atoms with Crippen LogP contribution in [0.25, 0.3) is 88.4 Å². The summed E-state index contributed by atoms with van der Waals surface area (Å²) in [5.41, 5.74) is 20.5. The van der Waals surface area contributed by atoms with Crippen molar-refractivity contribution < 1.29 is 8.83 Å². The molecule has 70 heavy (non-hydrogen) atoms. The molecule has 0 aliphatic heterocycles. The Bertz CT molecular complexity index is 4050. The Morgan fingerprint density at radius 3 is 1.43 bits per heavy atom. The van der Waals surface area contributed by atoms with Crippen molar-refractivity contribution in [2.75, 3.05) is 4.90 Å². The van der Waals surface area contributed by atoms with E-state index in [1.54, 1.807) is 0 Å². The fourth-order valence-electron chi connectivity index (χ4n) is 11.4. The minimum atomic E-state index is -0.484. The number of hydrogen-bond donors (Lipinski definition) is 0. The summed E-state index contributed by atoms with van der Waals surface area (Å²) in [5, 5.41) is 4.47. The number of fused-ring (bicyclic) bond motifs is 9. The average Bonchev–Trinajstić information content (AvgIpc) is 4.10. The Balaban J connectivity index is 0.917. The van der Waals surface area contributed by atoms with Crippen molar-refractivity contribution in [2.45, 2.75) is 5.41 Å². The molecule has 0 unspecified atom stereocenters. The van der Waals surface area contributed by atoms with Crippen LogP contribution in [0, 0.1) is 0 Å². The molecule has 0 radical (unpaired) electrons. The van der Waals surface area contributed by atoms with Crippen molar-refractivity contribution in [1.29, 1.82) is 0 Å². The number of benzene rings is 11. The molecule has 2 aromatic heterocycles. The van der Waals surface area contributed by atoms with Crippen LogP contribution in [-0.4, -0.2) is 0 Å². The number of rotatable bonds is 8. The van der Waals surface area contributed by atoms with Gasteiger partial charge in [-0.15, -0.1) is 0 Å². The summed E-state index contributed by atoms with van der Waals surface area (Å²) in [6, 6.07) is 94.2. The summed E-state index contributed by atoms with van der Waals surface area (Å²) in [7, 11) is 0. The van der Waals surface area contributed by atoms with E-state index >= 15 is 0 Å². The van der Waals surface area contributed by atoms with Crippen molar-refractivity contribution in [1.82, 2.24) is 0 Å². The van der Waals surface area contributed by atoms with E-state index in [0.717, 1.165) is 94.3 Å². The van der Waals surface area contributed by atoms with Gasteiger partial charge in [-0.1, -0.05) is 206 Å². The summed E-state index contributed by atoms with van der Waals surface area (Å²) in [5.74, 6) is 0. The van der Waals surface area contributed by atoms with E-state index in [9.17, 15) is 0 Å². The zero-order chi connectivity index (χ0) is 46.2. The third-order valence-electron chi connectivity index (χ3n) is 14.6. The molecule has 11 aromatic carbocycles. The van der Waals surface area contributed by atoms with Crippen LogP contribution in [0.4, 0.5) is 17.1 Å². The molecule has 1 aliphatic rings. The molecule has 0 atom stereocenters. The highest BCUT2D eigenvalue weighted by Gasteiger charge is 2.46. The van der Waals surface area contributed by atoms with Crippen LogP contribution in [0.2, 0.25) is 0 Å². The average molecular weight is 894 g/mol. The second-order valence-corrected chi connectivity index (χ2v) is 18.3. The van der Waals surface area contributed by atoms with Gasteiger partial charge in [0.25, 0.3) is 0 Å². The van der Waals surface area contributed by atoms with Crippen molar-refractivity contribution in [2.24, 2.45) is 0 Å². The Morgan fingerprint density at radius 2 is 0.757 bits per heavy atom. The number of nitrogens with zero attached hydrogens (tertiary/aromatic N) is 1. The van der Waals surface area contributed by atoms with Gasteiger partial charge in [-0.2, -0.15) is 0 Å². The Labute approximate surface area is 405 Å². The first-order valence-electron chi connectivity index (χ1n) is 24.0. The van der Waals surface area contributed by atoms with Gasteiger partial charge in [-0.05, 0) is 110 Å². The van der Waals surface area contributed by atoms with Gasteiger partial charge in [0.2, 0.25) is 0 Å². The third-order valence-corrected chi connectivity index (χ3v) is 14.6. The van der Waals surface area contributed by atoms with Gasteiger partial charge in [0.15, 0.2) is 0 Å². The van der Waals surface area contributed by atoms with Crippen LogP contribution in [0.1, 0.15) is 22.3 Å². The fourth-order valence-corrected chi connectivity index (χ4v) is 11.4. The van der Waals surface area contributed by atoms with Gasteiger partial charge in [0, 0.05) is 49.7 Å². The first kappa shape index (κ1) is 39.9. The maximum Gasteiger partial charge on any atom is 0.143 e. The van der Waals surface area contributed by atoms with Gasteiger partial charge in [0.05, 0.1) is 5.41 Å². The Morgan fingerprint density at radius 1 is 0.271 bits per heavy atom. The van der Waals surface area contributed by atoms with Gasteiger partial charge >= 0.3 is 0 Å². The van der Waals surface area contributed by atoms with Crippen LogP contribution < -0.4 is 4.90 Å². The van der Waals surface area contributed by atoms with Crippen LogP contribution in [0.3, 0.4) is 0 Å². The number of furan rings is 2. The van der Waals surface area contributed by atoms with E-state index in [1.165, 1.54) is 33.4 Å². The number of anilines is 3. The molecule has 0 saturated heterocycles. The second kappa shape index (κ2) is 16.0. The summed E-state index contributed by atoms with van der Waals surface area (Å²) in [6.45, 7) is 0. The zero-order valence-corrected chi connectivity index (χ0v) is 38.1. The molecule has 2 heterocycles. The molecule has 1 aliphatic carbocycles. The fraction of sp³-hybridized carbons (Fsp3) is 0.0149. The highest BCUT2D eigenvalue weighted by molar-refractivity contribution is 6.13. The highest BCUT2D eigenvalue weighted by atomic mass is 16.3. The van der Waals surface area contributed by atoms with Crippen molar-refractivity contribution >= 4 is 60.9 Å². The number of hydrogen-bond acceptors (Lipinski definition) is 3. The van der Waals surface area contributed by atoms with Crippen LogP contribution in [0.5, 0.6) is 0 Å². The topological polar surface area (TPSA) is 29.5 Å². The molecular formula is C67H43NO2. The van der Waals surface area contributed by atoms with Gasteiger partial charge in [-0.3, -0.25) is 0 Å². The predicted octanol–water partition coefficient (Wildman–Crippen LogP) is 18.3. The lowest BCUT2D eigenvalue weighted by Gasteiger charge is -2.34. The summed E-state index contributed by atoms with van der Waals surface area (Å²) in [6.07, 6.45) is 0. The molecule has 328 valence electrons. The SMILES string of the molecule is c1ccc(-c2cccc3c2oc2c(-c4ccc(N(c5ccc(-c6ccc7oc8ccccc8c7c6)cc5)c5ccc6c(c5)-c5ccccc5C6(c5ccccc5)c5ccccc5)cc4)cccc23)cc1. The van der Waals surface area contributed by atoms with E-state index in [0.29, 0.717) is 0 Å². The van der Waals surface area contributed by atoms with Crippen LogP contribution in [0.15, 0.2) is 270 Å². The summed E-state index contributed by atoms with van der Waals surface area (Å²) < 4.78 is 13.1. The Hall–Kier alpha value is -9.18. The lowest BCUT2D eigenvalue weighted by molar-refractivity contribution is 0.669. The van der Waals surface area contributed by atoms with E-state index < -0.39 is 5.41 Å². The van der Waals surface area contributed by atoms with Gasteiger partial charge in [-0.25, -0.2) is 0 Å². The summed E-state index contributed by atoms with van der Waals surface area (Å²) >= 11 is 0. The van der Waals surface area contributed by atoms with E-state index in [2.05, 4.69) is 254 Å². The molecule has 0 spiro atoms. The minimum absolute atomic E-state index is 0.484. The maximum atomic E-state index is 6.86. The Kier molecular flexibility index (Phi) is 9.11. The molecular weight excluding hydrogens is 851 g/mol. The van der Waals surface area contributed by atoms with Crippen molar-refractivity contribution in [3.05, 3.63) is 283 Å². The molecule has 0 fully saturated rings. The lowest BCUT2D eigenvalue weighted by Crippen LogP contribution is -2.28. The maximum absolute atomic E-state index is 6.86. The minimum Gasteiger partial charge on any atom is -0.456 e. The molecule has 0 N–H and O–H groups in total. The van der Waals surface area contributed by atoms with E-state index in [4.69, 9.17) is 8.83 Å². The predicted molar refractivity (Wildman–Crippen MR) is 289 cm³/mol. The van der Waals surface area contributed by atoms with Crippen LogP contribution in [-0.2, 0) is 5.41 Å². The largest absolute Gasteiger partial charge is 0.456 e. The first-order chi connectivity index (χ1) is 34.7. The van der Waals surface area contributed by atoms with Gasteiger partial charge in [0.1, 0.15) is 22.3 Å². The molecule has 14 rings (SSSR count). The number of para-hydroxylation sites is 3. The van der Waals surface area contributed by atoms with Crippen LogP contribution >= 0.6 is 0 Å². The van der Waals surface area contributed by atoms with Gasteiger partial charge < -0.3 is 13.7 Å². The molecule has 13 aromatic rings. The normalized spacial score (nSPS) is 12.7. The van der Waals surface area contributed by atoms with E-state index in [1.807, 2.05) is 12.1 Å². The second-order valence-electron chi connectivity index (χ2n) is 18.3. The quantitative estimate of drug-likeness (QED) is 0.152. The highest BCUT2D eigenvalue weighted by Crippen LogP contribution is 2.57. The smallest absolute Gasteiger partial charge is 0.143 e. The molecule has 3 heteroatoms. The first-order valence-corrected chi connectivity index (χ1v) is 24.0. The monoisotopic (exact) mass is 893 g/mol. The summed E-state index contributed by atoms with van der Waals surface area (Å²) in [4.78, 5) is 2.39. The molecule has 0 amide bonds.